The second-order valence-corrected chi connectivity index (χ2v) is 5.14. The van der Waals surface area contributed by atoms with E-state index in [1.807, 2.05) is 18.2 Å². The van der Waals surface area contributed by atoms with E-state index in [1.165, 1.54) is 0 Å². The van der Waals surface area contributed by atoms with Gasteiger partial charge in [0.15, 0.2) is 11.5 Å². The van der Waals surface area contributed by atoms with Crippen molar-refractivity contribution < 1.29 is 23.8 Å². The summed E-state index contributed by atoms with van der Waals surface area (Å²) in [4.78, 5) is 23.4. The molecule has 5 nitrogen and oxygen atoms in total. The van der Waals surface area contributed by atoms with Crippen LogP contribution in [0, 0.1) is 0 Å². The molecule has 0 bridgehead atoms. The van der Waals surface area contributed by atoms with Crippen LogP contribution in [-0.2, 0) is 19.7 Å². The van der Waals surface area contributed by atoms with Crippen LogP contribution < -0.4 is 9.47 Å². The lowest BCUT2D eigenvalue weighted by atomic mass is 9.89. The summed E-state index contributed by atoms with van der Waals surface area (Å²) >= 11 is 0. The molecule has 1 aromatic rings. The Labute approximate surface area is 116 Å². The summed E-state index contributed by atoms with van der Waals surface area (Å²) in [5.74, 6) is 0.198. The fourth-order valence-electron chi connectivity index (χ4n) is 2.63. The molecule has 0 atom stereocenters. The number of esters is 1. The summed E-state index contributed by atoms with van der Waals surface area (Å²) < 4.78 is 15.6. The molecule has 20 heavy (non-hydrogen) atoms. The number of Topliss-reactive ketones (excluding diaryl/α,β-unsaturated/α-hetero) is 1. The molecule has 1 fully saturated rings. The van der Waals surface area contributed by atoms with Crippen molar-refractivity contribution in [1.29, 1.82) is 0 Å². The van der Waals surface area contributed by atoms with E-state index in [1.54, 1.807) is 6.92 Å². The standard InChI is InChI=1S/C15H16O5/c1-2-18-14(17)11(16)8-15(6-7-15)10-4-3-5-12-13(10)20-9-19-12/h3-5H,2,6-9H2,1H3. The third-order valence-electron chi connectivity index (χ3n) is 3.82. The van der Waals surface area contributed by atoms with Gasteiger partial charge in [0.1, 0.15) is 0 Å². The second kappa shape index (κ2) is 4.81. The Kier molecular flexibility index (Phi) is 3.12. The van der Waals surface area contributed by atoms with Gasteiger partial charge in [-0.2, -0.15) is 0 Å². The quantitative estimate of drug-likeness (QED) is 0.608. The summed E-state index contributed by atoms with van der Waals surface area (Å²) in [5.41, 5.74) is 0.674. The highest BCUT2D eigenvalue weighted by Gasteiger charge is 2.49. The van der Waals surface area contributed by atoms with Gasteiger partial charge in [-0.1, -0.05) is 12.1 Å². The molecule has 1 aliphatic carbocycles. The SMILES string of the molecule is CCOC(=O)C(=O)CC1(c2cccc3c2OCO3)CC1. The Morgan fingerprint density at radius 1 is 1.30 bits per heavy atom. The van der Waals surface area contributed by atoms with Crippen molar-refractivity contribution >= 4 is 11.8 Å². The lowest BCUT2D eigenvalue weighted by Crippen LogP contribution is -2.23. The summed E-state index contributed by atoms with van der Waals surface area (Å²) in [6.45, 7) is 2.11. The monoisotopic (exact) mass is 276 g/mol. The molecule has 0 N–H and O–H groups in total. The Morgan fingerprint density at radius 3 is 2.80 bits per heavy atom. The van der Waals surface area contributed by atoms with Crippen molar-refractivity contribution in [1.82, 2.24) is 0 Å². The lowest BCUT2D eigenvalue weighted by Gasteiger charge is -2.16. The van der Waals surface area contributed by atoms with Crippen LogP contribution in [0.5, 0.6) is 11.5 Å². The van der Waals surface area contributed by atoms with Gasteiger partial charge in [0.25, 0.3) is 0 Å². The summed E-state index contributed by atoms with van der Waals surface area (Å²) in [6.07, 6.45) is 1.92. The van der Waals surface area contributed by atoms with Crippen LogP contribution in [0.3, 0.4) is 0 Å². The average Bonchev–Trinajstić information content (AvgIpc) is 3.05. The topological polar surface area (TPSA) is 61.8 Å². The highest BCUT2D eigenvalue weighted by molar-refractivity contribution is 6.33. The average molecular weight is 276 g/mol. The second-order valence-electron chi connectivity index (χ2n) is 5.14. The van der Waals surface area contributed by atoms with Crippen LogP contribution in [0.1, 0.15) is 31.7 Å². The molecule has 0 radical (unpaired) electrons. The van der Waals surface area contributed by atoms with Gasteiger partial charge in [-0.25, -0.2) is 4.79 Å². The molecule has 0 saturated heterocycles. The van der Waals surface area contributed by atoms with Crippen molar-refractivity contribution in [2.75, 3.05) is 13.4 Å². The van der Waals surface area contributed by atoms with E-state index in [9.17, 15) is 9.59 Å². The van der Waals surface area contributed by atoms with E-state index in [2.05, 4.69) is 0 Å². The number of para-hydroxylation sites is 1. The van der Waals surface area contributed by atoms with Crippen LogP contribution in [0.25, 0.3) is 0 Å². The van der Waals surface area contributed by atoms with E-state index in [0.717, 1.165) is 18.4 Å². The minimum absolute atomic E-state index is 0.172. The molecule has 5 heteroatoms. The Morgan fingerprint density at radius 2 is 2.10 bits per heavy atom. The van der Waals surface area contributed by atoms with Gasteiger partial charge in [-0.3, -0.25) is 4.79 Å². The number of ketones is 1. The van der Waals surface area contributed by atoms with Gasteiger partial charge in [-0.05, 0) is 25.8 Å². The van der Waals surface area contributed by atoms with Crippen molar-refractivity contribution in [3.8, 4) is 11.5 Å². The summed E-state index contributed by atoms with van der Waals surface area (Å²) in [7, 11) is 0. The third kappa shape index (κ3) is 2.13. The van der Waals surface area contributed by atoms with E-state index in [4.69, 9.17) is 14.2 Å². The Hall–Kier alpha value is -2.04. The molecule has 106 valence electrons. The van der Waals surface area contributed by atoms with E-state index < -0.39 is 11.8 Å². The number of hydrogen-bond donors (Lipinski definition) is 0. The first kappa shape index (κ1) is 13.0. The van der Waals surface area contributed by atoms with Gasteiger partial charge in [-0.15, -0.1) is 0 Å². The van der Waals surface area contributed by atoms with Gasteiger partial charge in [0.05, 0.1) is 6.61 Å². The highest BCUT2D eigenvalue weighted by Crippen LogP contribution is 2.56. The van der Waals surface area contributed by atoms with E-state index in [-0.39, 0.29) is 25.2 Å². The largest absolute Gasteiger partial charge is 0.460 e. The number of ether oxygens (including phenoxy) is 3. The van der Waals surface area contributed by atoms with Crippen molar-refractivity contribution in [2.24, 2.45) is 0 Å². The smallest absolute Gasteiger partial charge is 0.374 e. The maximum atomic E-state index is 11.9. The summed E-state index contributed by atoms with van der Waals surface area (Å²) in [6, 6.07) is 5.67. The number of hydrogen-bond acceptors (Lipinski definition) is 5. The van der Waals surface area contributed by atoms with E-state index in [0.29, 0.717) is 11.5 Å². The molecule has 1 aromatic carbocycles. The Bertz CT molecular complexity index is 559. The van der Waals surface area contributed by atoms with Crippen molar-refractivity contribution in [3.63, 3.8) is 0 Å². The van der Waals surface area contributed by atoms with Crippen LogP contribution in [0.15, 0.2) is 18.2 Å². The highest BCUT2D eigenvalue weighted by atomic mass is 16.7. The van der Waals surface area contributed by atoms with Crippen LogP contribution in [0.4, 0.5) is 0 Å². The summed E-state index contributed by atoms with van der Waals surface area (Å²) in [5, 5.41) is 0. The first-order chi connectivity index (χ1) is 9.66. The number of carbonyl (C=O) groups is 2. The van der Waals surface area contributed by atoms with Crippen molar-refractivity contribution in [2.45, 2.75) is 31.6 Å². The molecule has 3 rings (SSSR count). The molecule has 0 unspecified atom stereocenters. The fourth-order valence-corrected chi connectivity index (χ4v) is 2.63. The maximum Gasteiger partial charge on any atom is 0.374 e. The molecule has 1 heterocycles. The van der Waals surface area contributed by atoms with Crippen molar-refractivity contribution in [3.05, 3.63) is 23.8 Å². The fraction of sp³-hybridized carbons (Fsp3) is 0.467. The van der Waals surface area contributed by atoms with Gasteiger partial charge in [0.2, 0.25) is 12.6 Å². The number of benzene rings is 1. The van der Waals surface area contributed by atoms with Gasteiger partial charge >= 0.3 is 5.97 Å². The zero-order valence-electron chi connectivity index (χ0n) is 11.3. The maximum absolute atomic E-state index is 11.9. The number of fused-ring (bicyclic) bond motifs is 1. The minimum atomic E-state index is -0.747. The van der Waals surface area contributed by atoms with Crippen LogP contribution >= 0.6 is 0 Å². The molecule has 0 aromatic heterocycles. The normalized spacial score (nSPS) is 17.6. The molecule has 1 saturated carbocycles. The first-order valence-corrected chi connectivity index (χ1v) is 6.75. The predicted octanol–water partition coefficient (Wildman–Crippen LogP) is 1.97. The molecule has 2 aliphatic rings. The molecule has 1 aliphatic heterocycles. The predicted molar refractivity (Wildman–Crippen MR) is 69.7 cm³/mol. The molecule has 0 spiro atoms. The third-order valence-corrected chi connectivity index (χ3v) is 3.82. The van der Waals surface area contributed by atoms with Crippen LogP contribution in [0.2, 0.25) is 0 Å². The van der Waals surface area contributed by atoms with E-state index >= 15 is 0 Å². The number of carbonyl (C=O) groups excluding carboxylic acids is 2. The Balaban J connectivity index is 1.82. The zero-order valence-corrected chi connectivity index (χ0v) is 11.3. The first-order valence-electron chi connectivity index (χ1n) is 6.75. The lowest BCUT2D eigenvalue weighted by molar-refractivity contribution is -0.153. The number of rotatable bonds is 5. The molecular weight excluding hydrogens is 260 g/mol. The zero-order chi connectivity index (χ0) is 14.2. The van der Waals surface area contributed by atoms with Crippen LogP contribution in [-0.4, -0.2) is 25.2 Å². The minimum Gasteiger partial charge on any atom is -0.460 e. The molecule has 0 amide bonds. The van der Waals surface area contributed by atoms with Gasteiger partial charge in [0, 0.05) is 17.4 Å². The van der Waals surface area contributed by atoms with Gasteiger partial charge < -0.3 is 14.2 Å². The molecular formula is C15H16O5.